The van der Waals surface area contributed by atoms with Gasteiger partial charge in [-0.1, -0.05) is 20.8 Å². The molecule has 1 rings (SSSR count). The van der Waals surface area contributed by atoms with Crippen LogP contribution in [-0.4, -0.2) is 37.6 Å². The Morgan fingerprint density at radius 1 is 1.17 bits per heavy atom. The Labute approximate surface area is 77.3 Å². The fourth-order valence-electron chi connectivity index (χ4n) is 1.42. The van der Waals surface area contributed by atoms with E-state index in [-0.39, 0.29) is 0 Å². The van der Waals surface area contributed by atoms with Crippen molar-refractivity contribution < 1.29 is 0 Å². The van der Waals surface area contributed by atoms with Gasteiger partial charge >= 0.3 is 0 Å². The van der Waals surface area contributed by atoms with Crippen LogP contribution in [0.15, 0.2) is 0 Å². The minimum absolute atomic E-state index is 1.10. The summed E-state index contributed by atoms with van der Waals surface area (Å²) in [5.41, 5.74) is 0. The zero-order chi connectivity index (χ0) is 9.23. The van der Waals surface area contributed by atoms with Gasteiger partial charge in [-0.2, -0.15) is 0 Å². The summed E-state index contributed by atoms with van der Waals surface area (Å²) in [6.07, 6.45) is 2.82. The van der Waals surface area contributed by atoms with Crippen LogP contribution in [0.1, 0.15) is 33.6 Å². The van der Waals surface area contributed by atoms with E-state index in [4.69, 9.17) is 0 Å². The summed E-state index contributed by atoms with van der Waals surface area (Å²) < 4.78 is 0. The van der Waals surface area contributed by atoms with Crippen LogP contribution in [0.5, 0.6) is 0 Å². The Morgan fingerprint density at radius 2 is 1.75 bits per heavy atom. The van der Waals surface area contributed by atoms with Crippen molar-refractivity contribution in [3.05, 3.63) is 0 Å². The molecule has 2 nitrogen and oxygen atoms in total. The van der Waals surface area contributed by atoms with Crippen molar-refractivity contribution >= 4 is 0 Å². The first-order valence-corrected chi connectivity index (χ1v) is 5.36. The van der Waals surface area contributed by atoms with E-state index >= 15 is 0 Å². The number of hydrogen-bond donors (Lipinski definition) is 1. The Hall–Kier alpha value is -0.0800. The molecule has 1 aliphatic rings. The van der Waals surface area contributed by atoms with Gasteiger partial charge in [-0.05, 0) is 32.5 Å². The van der Waals surface area contributed by atoms with E-state index in [1.807, 2.05) is 13.8 Å². The highest BCUT2D eigenvalue weighted by Gasteiger charge is 2.09. The van der Waals surface area contributed by atoms with Crippen LogP contribution >= 0.6 is 0 Å². The molecule has 0 radical (unpaired) electrons. The van der Waals surface area contributed by atoms with Gasteiger partial charge in [0.15, 0.2) is 0 Å². The van der Waals surface area contributed by atoms with E-state index in [1.54, 1.807) is 0 Å². The number of likely N-dealkylation sites (N-methyl/N-ethyl adjacent to an activating group) is 1. The van der Waals surface area contributed by atoms with Gasteiger partial charge in [-0.25, -0.2) is 0 Å². The summed E-state index contributed by atoms with van der Waals surface area (Å²) in [6.45, 7) is 12.3. The molecule has 0 aliphatic carbocycles. The van der Waals surface area contributed by atoms with Crippen LogP contribution in [0.3, 0.4) is 0 Å². The maximum atomic E-state index is 3.33. The lowest BCUT2D eigenvalue weighted by Crippen LogP contribution is -2.29. The van der Waals surface area contributed by atoms with Gasteiger partial charge in [-0.3, -0.25) is 0 Å². The van der Waals surface area contributed by atoms with Gasteiger partial charge in [0, 0.05) is 13.1 Å². The number of nitrogens with zero attached hydrogens (tertiary/aromatic N) is 1. The molecule has 0 saturated carbocycles. The standard InChI is InChI=1S/C8H18N2.C2H6/c1-2-9-5-8-10-6-3-4-7-10;1-2/h9H,2-8H2,1H3;1-2H3. The highest BCUT2D eigenvalue weighted by Crippen LogP contribution is 2.05. The van der Waals surface area contributed by atoms with Gasteiger partial charge in [0.05, 0.1) is 0 Å². The van der Waals surface area contributed by atoms with Crippen LogP contribution in [0.2, 0.25) is 0 Å². The summed E-state index contributed by atoms with van der Waals surface area (Å²) >= 11 is 0. The summed E-state index contributed by atoms with van der Waals surface area (Å²) in [6, 6.07) is 0. The summed E-state index contributed by atoms with van der Waals surface area (Å²) in [5.74, 6) is 0. The molecular formula is C10H24N2. The second-order valence-electron chi connectivity index (χ2n) is 2.90. The van der Waals surface area contributed by atoms with Crippen LogP contribution in [0, 0.1) is 0 Å². The zero-order valence-corrected chi connectivity index (χ0v) is 8.90. The zero-order valence-electron chi connectivity index (χ0n) is 8.90. The number of likely N-dealkylation sites (tertiary alicyclic amines) is 1. The van der Waals surface area contributed by atoms with Crippen molar-refractivity contribution in [2.24, 2.45) is 0 Å². The highest BCUT2D eigenvalue weighted by molar-refractivity contribution is 4.66. The van der Waals surface area contributed by atoms with Crippen molar-refractivity contribution in [1.29, 1.82) is 0 Å². The Bertz CT molecular complexity index is 77.9. The van der Waals surface area contributed by atoms with Crippen molar-refractivity contribution in [1.82, 2.24) is 10.2 Å². The van der Waals surface area contributed by atoms with Gasteiger partial charge < -0.3 is 10.2 Å². The molecule has 0 atom stereocenters. The minimum atomic E-state index is 1.10. The molecule has 2 heteroatoms. The quantitative estimate of drug-likeness (QED) is 0.650. The minimum Gasteiger partial charge on any atom is -0.316 e. The average Bonchev–Trinajstić information content (AvgIpc) is 2.61. The van der Waals surface area contributed by atoms with E-state index < -0.39 is 0 Å². The van der Waals surface area contributed by atoms with Crippen LogP contribution in [0.25, 0.3) is 0 Å². The van der Waals surface area contributed by atoms with Crippen molar-refractivity contribution in [3.63, 3.8) is 0 Å². The van der Waals surface area contributed by atoms with Gasteiger partial charge in [0.2, 0.25) is 0 Å². The number of hydrogen-bond acceptors (Lipinski definition) is 2. The maximum Gasteiger partial charge on any atom is 0.0107 e. The van der Waals surface area contributed by atoms with E-state index in [0.717, 1.165) is 13.1 Å². The maximum absolute atomic E-state index is 3.33. The fraction of sp³-hybridized carbons (Fsp3) is 1.00. The third kappa shape index (κ3) is 5.56. The summed E-state index contributed by atoms with van der Waals surface area (Å²) in [5, 5.41) is 3.33. The molecule has 0 amide bonds. The van der Waals surface area contributed by atoms with Crippen LogP contribution < -0.4 is 5.32 Å². The molecule has 1 N–H and O–H groups in total. The monoisotopic (exact) mass is 172 g/mol. The topological polar surface area (TPSA) is 15.3 Å². The second kappa shape index (κ2) is 9.01. The van der Waals surface area contributed by atoms with E-state index in [9.17, 15) is 0 Å². The lowest BCUT2D eigenvalue weighted by Gasteiger charge is -2.13. The van der Waals surface area contributed by atoms with Crippen molar-refractivity contribution in [2.75, 3.05) is 32.7 Å². The molecule has 1 saturated heterocycles. The molecule has 1 fully saturated rings. The van der Waals surface area contributed by atoms with Gasteiger partial charge in [0.25, 0.3) is 0 Å². The normalized spacial score (nSPS) is 17.2. The largest absolute Gasteiger partial charge is 0.316 e. The lowest BCUT2D eigenvalue weighted by atomic mass is 10.4. The summed E-state index contributed by atoms with van der Waals surface area (Å²) in [7, 11) is 0. The molecule has 74 valence electrons. The van der Waals surface area contributed by atoms with E-state index in [2.05, 4.69) is 17.1 Å². The first-order valence-electron chi connectivity index (χ1n) is 5.36. The number of rotatable bonds is 4. The molecule has 0 aromatic rings. The first kappa shape index (κ1) is 11.9. The number of nitrogens with one attached hydrogen (secondary N) is 1. The van der Waals surface area contributed by atoms with E-state index in [1.165, 1.54) is 32.5 Å². The molecule has 1 aliphatic heterocycles. The van der Waals surface area contributed by atoms with Crippen molar-refractivity contribution in [2.45, 2.75) is 33.6 Å². The van der Waals surface area contributed by atoms with Crippen LogP contribution in [0.4, 0.5) is 0 Å². The second-order valence-corrected chi connectivity index (χ2v) is 2.90. The molecule has 0 aromatic carbocycles. The predicted molar refractivity (Wildman–Crippen MR) is 55.6 cm³/mol. The Balaban J connectivity index is 0.000000561. The Morgan fingerprint density at radius 3 is 2.25 bits per heavy atom. The molecule has 0 unspecified atom stereocenters. The average molecular weight is 172 g/mol. The summed E-state index contributed by atoms with van der Waals surface area (Å²) in [4.78, 5) is 2.53. The van der Waals surface area contributed by atoms with Gasteiger partial charge in [-0.15, -0.1) is 0 Å². The molecule has 0 spiro atoms. The van der Waals surface area contributed by atoms with Gasteiger partial charge in [0.1, 0.15) is 0 Å². The molecular weight excluding hydrogens is 148 g/mol. The SMILES string of the molecule is CC.CCNCCN1CCCC1. The van der Waals surface area contributed by atoms with Crippen molar-refractivity contribution in [3.8, 4) is 0 Å². The Kier molecular flexibility index (Phi) is 8.95. The molecule has 0 aromatic heterocycles. The lowest BCUT2D eigenvalue weighted by molar-refractivity contribution is 0.337. The first-order chi connectivity index (χ1) is 5.93. The van der Waals surface area contributed by atoms with E-state index in [0.29, 0.717) is 0 Å². The third-order valence-corrected chi connectivity index (χ3v) is 2.05. The highest BCUT2D eigenvalue weighted by atomic mass is 15.1. The molecule has 0 bridgehead atoms. The fourth-order valence-corrected chi connectivity index (χ4v) is 1.42. The third-order valence-electron chi connectivity index (χ3n) is 2.05. The smallest absolute Gasteiger partial charge is 0.0107 e. The van der Waals surface area contributed by atoms with Crippen LogP contribution in [-0.2, 0) is 0 Å². The molecule has 12 heavy (non-hydrogen) atoms. The predicted octanol–water partition coefficient (Wildman–Crippen LogP) is 1.72. The molecule has 1 heterocycles.